The van der Waals surface area contributed by atoms with Crippen LogP contribution in [0.5, 0.6) is 11.5 Å². The fourth-order valence-corrected chi connectivity index (χ4v) is 2.34. The lowest BCUT2D eigenvalue weighted by molar-refractivity contribution is -0.115. The van der Waals surface area contributed by atoms with Crippen molar-refractivity contribution in [1.82, 2.24) is 0 Å². The minimum Gasteiger partial charge on any atom is -0.504 e. The zero-order valence-electron chi connectivity index (χ0n) is 13.6. The molecule has 0 aliphatic carbocycles. The van der Waals surface area contributed by atoms with E-state index in [0.29, 0.717) is 0 Å². The Kier molecular flexibility index (Phi) is 8.26. The van der Waals surface area contributed by atoms with Crippen molar-refractivity contribution in [2.75, 3.05) is 7.11 Å². The quantitative estimate of drug-likeness (QED) is 0.376. The second kappa shape index (κ2) is 9.98. The second-order valence-corrected chi connectivity index (χ2v) is 5.51. The van der Waals surface area contributed by atoms with Gasteiger partial charge in [0.15, 0.2) is 11.5 Å². The lowest BCUT2D eigenvalue weighted by Crippen LogP contribution is -2.13. The highest BCUT2D eigenvalue weighted by Crippen LogP contribution is 2.26. The summed E-state index contributed by atoms with van der Waals surface area (Å²) in [5.41, 5.74) is 0.266. The summed E-state index contributed by atoms with van der Waals surface area (Å²) in [4.78, 5) is 24.0. The third-order valence-corrected chi connectivity index (χ3v) is 3.70. The van der Waals surface area contributed by atoms with Gasteiger partial charge in [-0.3, -0.25) is 9.59 Å². The molecule has 1 rings (SSSR count). The lowest BCUT2D eigenvalue weighted by atomic mass is 10.0. The first-order valence-electron chi connectivity index (χ1n) is 8.04. The van der Waals surface area contributed by atoms with Crippen molar-refractivity contribution in [1.29, 1.82) is 0 Å². The van der Waals surface area contributed by atoms with E-state index in [9.17, 15) is 14.7 Å². The van der Waals surface area contributed by atoms with Crippen LogP contribution in [-0.2, 0) is 4.79 Å². The molecule has 0 aromatic heterocycles. The van der Waals surface area contributed by atoms with E-state index in [1.165, 1.54) is 51.0 Å². The van der Waals surface area contributed by atoms with Gasteiger partial charge in [0.1, 0.15) is 0 Å². The van der Waals surface area contributed by atoms with Gasteiger partial charge in [-0.05, 0) is 24.6 Å². The third kappa shape index (κ3) is 5.88. The van der Waals surface area contributed by atoms with E-state index < -0.39 is 5.78 Å². The number of Topliss-reactive ketones (excluding diaryl/α,β-unsaturated/α-hetero) is 2. The first-order chi connectivity index (χ1) is 10.6. The first kappa shape index (κ1) is 18.2. The van der Waals surface area contributed by atoms with Gasteiger partial charge in [0.25, 0.3) is 0 Å². The molecular formula is C18H26O4. The summed E-state index contributed by atoms with van der Waals surface area (Å²) in [5, 5.41) is 9.50. The number of ketones is 2. The van der Waals surface area contributed by atoms with Crippen LogP contribution in [0.15, 0.2) is 18.2 Å². The number of phenols is 1. The van der Waals surface area contributed by atoms with Crippen molar-refractivity contribution >= 4 is 11.6 Å². The fourth-order valence-electron chi connectivity index (χ4n) is 2.34. The number of hydrogen-bond donors (Lipinski definition) is 1. The number of phenolic OH excluding ortho intramolecular Hbond substituents is 1. The highest BCUT2D eigenvalue weighted by Gasteiger charge is 2.17. The van der Waals surface area contributed by atoms with E-state index in [1.54, 1.807) is 0 Å². The monoisotopic (exact) mass is 306 g/mol. The maximum atomic E-state index is 12.0. The average Bonchev–Trinajstić information content (AvgIpc) is 2.53. The zero-order chi connectivity index (χ0) is 16.4. The van der Waals surface area contributed by atoms with Gasteiger partial charge in [-0.25, -0.2) is 0 Å². The predicted molar refractivity (Wildman–Crippen MR) is 86.6 cm³/mol. The van der Waals surface area contributed by atoms with Crippen molar-refractivity contribution in [3.8, 4) is 11.5 Å². The molecular weight excluding hydrogens is 280 g/mol. The predicted octanol–water partition coefficient (Wildman–Crippen LogP) is 4.29. The van der Waals surface area contributed by atoms with Crippen molar-refractivity contribution in [3.05, 3.63) is 23.8 Å². The van der Waals surface area contributed by atoms with Crippen LogP contribution >= 0.6 is 0 Å². The summed E-state index contributed by atoms with van der Waals surface area (Å²) < 4.78 is 4.95. The molecule has 0 heterocycles. The highest BCUT2D eigenvalue weighted by atomic mass is 16.5. The summed E-state index contributed by atoms with van der Waals surface area (Å²) in [6, 6.07) is 4.22. The largest absolute Gasteiger partial charge is 0.504 e. The zero-order valence-corrected chi connectivity index (χ0v) is 13.6. The van der Waals surface area contributed by atoms with E-state index >= 15 is 0 Å². The van der Waals surface area contributed by atoms with Gasteiger partial charge in [-0.2, -0.15) is 0 Å². The molecule has 1 N–H and O–H groups in total. The number of rotatable bonds is 11. The van der Waals surface area contributed by atoms with E-state index in [0.717, 1.165) is 19.3 Å². The number of ether oxygens (including phenoxy) is 1. The van der Waals surface area contributed by atoms with Crippen molar-refractivity contribution < 1.29 is 19.4 Å². The van der Waals surface area contributed by atoms with Gasteiger partial charge in [-0.15, -0.1) is 0 Å². The van der Waals surface area contributed by atoms with Gasteiger partial charge in [-0.1, -0.05) is 45.4 Å². The molecule has 0 saturated heterocycles. The standard InChI is InChI=1S/C18H26O4/c1-3-4-5-6-7-8-9-10-16(20)18(21)14-11-12-15(19)17(13-14)22-2/h11-13,19H,3-10H2,1-2H3. The number of benzene rings is 1. The molecule has 0 aliphatic rings. The second-order valence-electron chi connectivity index (χ2n) is 5.51. The topological polar surface area (TPSA) is 63.6 Å². The maximum Gasteiger partial charge on any atom is 0.228 e. The molecule has 22 heavy (non-hydrogen) atoms. The summed E-state index contributed by atoms with van der Waals surface area (Å²) in [6.07, 6.45) is 8.09. The highest BCUT2D eigenvalue weighted by molar-refractivity contribution is 6.43. The first-order valence-corrected chi connectivity index (χ1v) is 8.04. The molecule has 0 unspecified atom stereocenters. The van der Waals surface area contributed by atoms with E-state index in [1.807, 2.05) is 0 Å². The molecule has 122 valence electrons. The number of aromatic hydroxyl groups is 1. The Morgan fingerprint density at radius 2 is 1.68 bits per heavy atom. The Labute approximate surface area is 132 Å². The van der Waals surface area contributed by atoms with Crippen LogP contribution < -0.4 is 4.74 Å². The van der Waals surface area contributed by atoms with Gasteiger partial charge >= 0.3 is 0 Å². The lowest BCUT2D eigenvalue weighted by Gasteiger charge is -2.06. The fraction of sp³-hybridized carbons (Fsp3) is 0.556. The van der Waals surface area contributed by atoms with Crippen LogP contribution in [0.4, 0.5) is 0 Å². The van der Waals surface area contributed by atoms with Gasteiger partial charge < -0.3 is 9.84 Å². The summed E-state index contributed by atoms with van der Waals surface area (Å²) >= 11 is 0. The molecule has 0 aliphatic heterocycles. The molecule has 1 aromatic carbocycles. The Hall–Kier alpha value is -1.84. The molecule has 1 aromatic rings. The molecule has 0 atom stereocenters. The Balaban J connectivity index is 2.37. The van der Waals surface area contributed by atoms with Crippen LogP contribution in [0.1, 0.15) is 68.6 Å². The Morgan fingerprint density at radius 1 is 1.05 bits per heavy atom. The SMILES string of the molecule is CCCCCCCCCC(=O)C(=O)c1ccc(O)c(OC)c1. The third-order valence-electron chi connectivity index (χ3n) is 3.70. The summed E-state index contributed by atoms with van der Waals surface area (Å²) in [6.45, 7) is 2.18. The number of hydrogen-bond acceptors (Lipinski definition) is 4. The van der Waals surface area contributed by atoms with Crippen LogP contribution in [0, 0.1) is 0 Å². The Morgan fingerprint density at radius 3 is 2.32 bits per heavy atom. The van der Waals surface area contributed by atoms with E-state index in [-0.39, 0.29) is 29.3 Å². The smallest absolute Gasteiger partial charge is 0.228 e. The van der Waals surface area contributed by atoms with Crippen molar-refractivity contribution in [2.45, 2.75) is 58.3 Å². The number of carbonyl (C=O) groups is 2. The normalized spacial score (nSPS) is 10.5. The minimum atomic E-state index is -0.510. The molecule has 0 saturated carbocycles. The molecule has 0 radical (unpaired) electrons. The van der Waals surface area contributed by atoms with Crippen LogP contribution in [-0.4, -0.2) is 23.8 Å². The van der Waals surface area contributed by atoms with Crippen molar-refractivity contribution in [3.63, 3.8) is 0 Å². The molecule has 0 amide bonds. The molecule has 0 spiro atoms. The van der Waals surface area contributed by atoms with Crippen molar-refractivity contribution in [2.24, 2.45) is 0 Å². The summed E-state index contributed by atoms with van der Waals surface area (Å²) in [5.74, 6) is -0.723. The molecule has 0 bridgehead atoms. The van der Waals surface area contributed by atoms with E-state index in [2.05, 4.69) is 6.92 Å². The number of carbonyl (C=O) groups excluding carboxylic acids is 2. The summed E-state index contributed by atoms with van der Waals surface area (Å²) in [7, 11) is 1.41. The number of methoxy groups -OCH3 is 1. The van der Waals surface area contributed by atoms with Crippen LogP contribution in [0.25, 0.3) is 0 Å². The molecule has 4 nitrogen and oxygen atoms in total. The van der Waals surface area contributed by atoms with Gasteiger partial charge in [0.2, 0.25) is 11.6 Å². The van der Waals surface area contributed by atoms with Gasteiger partial charge in [0, 0.05) is 12.0 Å². The van der Waals surface area contributed by atoms with Crippen LogP contribution in [0.3, 0.4) is 0 Å². The molecule has 0 fully saturated rings. The van der Waals surface area contributed by atoms with Crippen LogP contribution in [0.2, 0.25) is 0 Å². The average molecular weight is 306 g/mol. The maximum absolute atomic E-state index is 12.0. The van der Waals surface area contributed by atoms with Gasteiger partial charge in [0.05, 0.1) is 7.11 Å². The van der Waals surface area contributed by atoms with E-state index in [4.69, 9.17) is 4.74 Å². The molecule has 4 heteroatoms. The number of unbranched alkanes of at least 4 members (excludes halogenated alkanes) is 6. The Bertz CT molecular complexity index is 494. The minimum absolute atomic E-state index is 0.0430.